The van der Waals surface area contributed by atoms with Crippen molar-refractivity contribution in [2.45, 2.75) is 83.3 Å². The molecule has 1 aromatic rings. The quantitative estimate of drug-likeness (QED) is 0.311. The molecule has 30 heavy (non-hydrogen) atoms. The van der Waals surface area contributed by atoms with Gasteiger partial charge in [-0.2, -0.15) is 13.5 Å². The zero-order valence-corrected chi connectivity index (χ0v) is 19.9. The maximum absolute atomic E-state index is 12.9. The number of ether oxygens (including phenoxy) is 1. The van der Waals surface area contributed by atoms with E-state index in [0.29, 0.717) is 29.7 Å². The number of nitrogens with two attached hydrogens (primary N) is 1. The lowest BCUT2D eigenvalue weighted by Gasteiger charge is -2.51. The Balaban J connectivity index is 2.21. The van der Waals surface area contributed by atoms with Crippen LogP contribution >= 0.6 is 0 Å². The SMILES string of the molecule is COc1cc(C)c(S(=O)(=O)N=C(N)NNC2CC(C)(C)N(O)C(C)(C)C2)c(C)c1C. The van der Waals surface area contributed by atoms with Gasteiger partial charge in [0.2, 0.25) is 5.96 Å². The lowest BCUT2D eigenvalue weighted by molar-refractivity contribution is -0.246. The number of guanidine groups is 1. The van der Waals surface area contributed by atoms with Gasteiger partial charge in [0, 0.05) is 17.1 Å². The Morgan fingerprint density at radius 3 is 2.23 bits per heavy atom. The Morgan fingerprint density at radius 1 is 1.20 bits per heavy atom. The third kappa shape index (κ3) is 4.88. The number of aryl methyl sites for hydroxylation is 1. The van der Waals surface area contributed by atoms with E-state index in [1.54, 1.807) is 33.9 Å². The predicted molar refractivity (Wildman–Crippen MR) is 117 cm³/mol. The maximum atomic E-state index is 12.9. The lowest BCUT2D eigenvalue weighted by Crippen LogP contribution is -2.64. The van der Waals surface area contributed by atoms with Crippen molar-refractivity contribution >= 4 is 16.0 Å². The molecule has 0 saturated carbocycles. The summed E-state index contributed by atoms with van der Waals surface area (Å²) >= 11 is 0. The molecule has 170 valence electrons. The second kappa shape index (κ2) is 8.33. The standard InChI is InChI=1S/C20H35N5O4S/c1-12-9-16(29-8)13(2)14(3)17(12)30(27,28)24-18(21)23-22-15-10-19(4,5)25(26)20(6,7)11-15/h9,15,22,26H,10-11H2,1-8H3,(H3,21,23,24). The van der Waals surface area contributed by atoms with Crippen LogP contribution in [0.1, 0.15) is 57.2 Å². The van der Waals surface area contributed by atoms with Crippen molar-refractivity contribution in [3.05, 3.63) is 22.8 Å². The van der Waals surface area contributed by atoms with Crippen molar-refractivity contribution in [1.82, 2.24) is 15.9 Å². The van der Waals surface area contributed by atoms with Crippen LogP contribution in [-0.2, 0) is 10.0 Å². The van der Waals surface area contributed by atoms with Crippen LogP contribution in [0.5, 0.6) is 5.75 Å². The minimum atomic E-state index is -4.02. The normalized spacial score (nSPS) is 20.2. The van der Waals surface area contributed by atoms with Crippen molar-refractivity contribution in [2.75, 3.05) is 7.11 Å². The molecule has 0 atom stereocenters. The first-order valence-electron chi connectivity index (χ1n) is 9.88. The molecule has 0 unspecified atom stereocenters. The molecule has 1 fully saturated rings. The van der Waals surface area contributed by atoms with E-state index in [2.05, 4.69) is 15.2 Å². The number of nitrogens with one attached hydrogen (secondary N) is 2. The van der Waals surface area contributed by atoms with Gasteiger partial charge in [-0.15, -0.1) is 4.40 Å². The molecule has 2 rings (SSSR count). The average molecular weight is 442 g/mol. The van der Waals surface area contributed by atoms with Crippen LogP contribution in [0.25, 0.3) is 0 Å². The summed E-state index contributed by atoms with van der Waals surface area (Å²) < 4.78 is 34.9. The highest BCUT2D eigenvalue weighted by Crippen LogP contribution is 2.36. The van der Waals surface area contributed by atoms with Gasteiger partial charge in [-0.1, -0.05) is 0 Å². The minimum Gasteiger partial charge on any atom is -0.496 e. The van der Waals surface area contributed by atoms with Gasteiger partial charge in [0.1, 0.15) is 5.75 Å². The largest absolute Gasteiger partial charge is 0.496 e. The average Bonchev–Trinajstić information content (AvgIpc) is 2.60. The number of benzene rings is 1. The minimum absolute atomic E-state index is 0.0402. The van der Waals surface area contributed by atoms with Crippen molar-refractivity contribution < 1.29 is 18.4 Å². The first-order valence-corrected chi connectivity index (χ1v) is 11.3. The van der Waals surface area contributed by atoms with Gasteiger partial charge in [-0.3, -0.25) is 5.43 Å². The molecule has 1 saturated heterocycles. The van der Waals surface area contributed by atoms with Crippen molar-refractivity contribution in [3.8, 4) is 5.75 Å². The van der Waals surface area contributed by atoms with E-state index in [0.717, 1.165) is 5.56 Å². The number of rotatable bonds is 5. The summed E-state index contributed by atoms with van der Waals surface area (Å²) in [6.07, 6.45) is 1.27. The van der Waals surface area contributed by atoms with Crippen LogP contribution in [0, 0.1) is 20.8 Å². The molecule has 1 heterocycles. The number of hydrazine groups is 1. The van der Waals surface area contributed by atoms with Crippen LogP contribution in [-0.4, -0.2) is 48.9 Å². The molecule has 0 aromatic heterocycles. The van der Waals surface area contributed by atoms with Crippen LogP contribution < -0.4 is 21.3 Å². The Labute approximate surface area is 179 Å². The summed E-state index contributed by atoms with van der Waals surface area (Å²) in [5.74, 6) is 0.380. The third-order valence-electron chi connectivity index (χ3n) is 5.72. The molecule has 10 heteroatoms. The predicted octanol–water partition coefficient (Wildman–Crippen LogP) is 2.13. The van der Waals surface area contributed by atoms with Gasteiger partial charge in [-0.25, -0.2) is 5.43 Å². The second-order valence-corrected chi connectivity index (χ2v) is 10.8. The van der Waals surface area contributed by atoms with E-state index >= 15 is 0 Å². The van der Waals surface area contributed by atoms with Gasteiger partial charge < -0.3 is 15.7 Å². The fraction of sp³-hybridized carbons (Fsp3) is 0.650. The highest BCUT2D eigenvalue weighted by Gasteiger charge is 2.45. The molecular formula is C20H35N5O4S. The number of methoxy groups -OCH3 is 1. The molecular weight excluding hydrogens is 406 g/mol. The molecule has 0 bridgehead atoms. The maximum Gasteiger partial charge on any atom is 0.286 e. The highest BCUT2D eigenvalue weighted by molar-refractivity contribution is 7.90. The Morgan fingerprint density at radius 2 is 1.73 bits per heavy atom. The summed E-state index contributed by atoms with van der Waals surface area (Å²) in [6, 6.07) is 1.64. The topological polar surface area (TPSA) is 129 Å². The van der Waals surface area contributed by atoms with Crippen molar-refractivity contribution in [2.24, 2.45) is 10.1 Å². The molecule has 9 nitrogen and oxygen atoms in total. The number of hydrogen-bond acceptors (Lipinski definition) is 6. The molecule has 5 N–H and O–H groups in total. The van der Waals surface area contributed by atoms with Crippen LogP contribution in [0.4, 0.5) is 0 Å². The van der Waals surface area contributed by atoms with Crippen molar-refractivity contribution in [3.63, 3.8) is 0 Å². The van der Waals surface area contributed by atoms with E-state index in [1.165, 1.54) is 5.06 Å². The van der Waals surface area contributed by atoms with Crippen LogP contribution in [0.3, 0.4) is 0 Å². The van der Waals surface area contributed by atoms with Gasteiger partial charge in [0.05, 0.1) is 12.0 Å². The van der Waals surface area contributed by atoms with E-state index in [9.17, 15) is 13.6 Å². The van der Waals surface area contributed by atoms with Crippen LogP contribution in [0.2, 0.25) is 0 Å². The van der Waals surface area contributed by atoms with E-state index < -0.39 is 21.1 Å². The second-order valence-electron chi connectivity index (χ2n) is 9.24. The molecule has 0 radical (unpaired) electrons. The van der Waals surface area contributed by atoms with Crippen molar-refractivity contribution in [1.29, 1.82) is 0 Å². The van der Waals surface area contributed by atoms with Gasteiger partial charge in [-0.05, 0) is 84.1 Å². The van der Waals surface area contributed by atoms with Gasteiger partial charge >= 0.3 is 0 Å². The monoisotopic (exact) mass is 441 g/mol. The summed E-state index contributed by atoms with van der Waals surface area (Å²) in [7, 11) is -2.47. The van der Waals surface area contributed by atoms with Gasteiger partial charge in [0.25, 0.3) is 10.0 Å². The summed E-state index contributed by atoms with van der Waals surface area (Å²) in [6.45, 7) is 13.0. The molecule has 0 amide bonds. The molecule has 0 aliphatic carbocycles. The lowest BCUT2D eigenvalue weighted by atomic mass is 9.79. The van der Waals surface area contributed by atoms with Gasteiger partial charge in [0.15, 0.2) is 0 Å². The van der Waals surface area contributed by atoms with E-state index in [4.69, 9.17) is 10.5 Å². The third-order valence-corrected chi connectivity index (χ3v) is 7.30. The summed E-state index contributed by atoms with van der Waals surface area (Å²) in [4.78, 5) is 0.126. The molecule has 1 aromatic carbocycles. The smallest absolute Gasteiger partial charge is 0.286 e. The summed E-state index contributed by atoms with van der Waals surface area (Å²) in [5.41, 5.74) is 12.6. The molecule has 1 aliphatic heterocycles. The number of sulfonamides is 1. The van der Waals surface area contributed by atoms with Crippen LogP contribution in [0.15, 0.2) is 15.4 Å². The fourth-order valence-electron chi connectivity index (χ4n) is 4.38. The Hall–Kier alpha value is -1.88. The molecule has 1 aliphatic rings. The summed E-state index contributed by atoms with van der Waals surface area (Å²) in [5, 5.41) is 11.8. The fourth-order valence-corrected chi connectivity index (χ4v) is 5.78. The first-order chi connectivity index (χ1) is 13.6. The Kier molecular flexibility index (Phi) is 6.78. The zero-order chi connectivity index (χ0) is 23.1. The Bertz CT molecular complexity index is 923. The zero-order valence-electron chi connectivity index (χ0n) is 19.1. The highest BCUT2D eigenvalue weighted by atomic mass is 32.2. The number of hydrogen-bond donors (Lipinski definition) is 4. The molecule has 0 spiro atoms. The van der Waals surface area contributed by atoms with E-state index in [-0.39, 0.29) is 16.9 Å². The first kappa shape index (κ1) is 24.4. The number of hydroxylamine groups is 2. The number of nitrogens with zero attached hydrogens (tertiary/aromatic N) is 2. The van der Waals surface area contributed by atoms with E-state index in [1.807, 2.05) is 27.7 Å². The number of piperidine rings is 1.